The van der Waals surface area contributed by atoms with Crippen molar-refractivity contribution in [1.29, 1.82) is 0 Å². The SMILES string of the molecule is CCn1c(CN2CCN(C)CC2)cc2cc(C(=O)O)ccc21. The van der Waals surface area contributed by atoms with Crippen LogP contribution in [-0.4, -0.2) is 58.7 Å². The van der Waals surface area contributed by atoms with Gasteiger partial charge >= 0.3 is 5.97 Å². The van der Waals surface area contributed by atoms with Gasteiger partial charge in [-0.15, -0.1) is 0 Å². The number of aromatic nitrogens is 1. The summed E-state index contributed by atoms with van der Waals surface area (Å²) in [7, 11) is 2.16. The fourth-order valence-corrected chi connectivity index (χ4v) is 3.20. The Morgan fingerprint density at radius 3 is 2.55 bits per heavy atom. The molecule has 2 heterocycles. The lowest BCUT2D eigenvalue weighted by molar-refractivity contribution is 0.0697. The molecular formula is C17H23N3O2. The molecule has 0 spiro atoms. The molecule has 3 rings (SSSR count). The number of rotatable bonds is 4. The maximum atomic E-state index is 11.1. The Morgan fingerprint density at radius 1 is 1.18 bits per heavy atom. The Balaban J connectivity index is 1.90. The third-order valence-electron chi connectivity index (χ3n) is 4.53. The summed E-state index contributed by atoms with van der Waals surface area (Å²) in [6, 6.07) is 7.53. The van der Waals surface area contributed by atoms with Gasteiger partial charge in [-0.3, -0.25) is 4.90 Å². The number of piperazine rings is 1. The van der Waals surface area contributed by atoms with Crippen LogP contribution in [-0.2, 0) is 13.1 Å². The summed E-state index contributed by atoms with van der Waals surface area (Å²) >= 11 is 0. The van der Waals surface area contributed by atoms with E-state index in [2.05, 4.69) is 34.4 Å². The number of aryl methyl sites for hydroxylation is 1. The molecule has 1 aromatic heterocycles. The number of hydrogen-bond donors (Lipinski definition) is 1. The van der Waals surface area contributed by atoms with E-state index < -0.39 is 5.97 Å². The molecule has 2 aromatic rings. The molecule has 118 valence electrons. The van der Waals surface area contributed by atoms with Gasteiger partial charge in [-0.05, 0) is 38.2 Å². The van der Waals surface area contributed by atoms with Crippen LogP contribution >= 0.6 is 0 Å². The monoisotopic (exact) mass is 301 g/mol. The minimum absolute atomic E-state index is 0.354. The maximum Gasteiger partial charge on any atom is 0.335 e. The maximum absolute atomic E-state index is 11.1. The lowest BCUT2D eigenvalue weighted by Crippen LogP contribution is -2.44. The molecular weight excluding hydrogens is 278 g/mol. The minimum atomic E-state index is -0.869. The van der Waals surface area contributed by atoms with E-state index in [1.54, 1.807) is 12.1 Å². The molecule has 1 saturated heterocycles. The van der Waals surface area contributed by atoms with Crippen LogP contribution in [0.15, 0.2) is 24.3 Å². The highest BCUT2D eigenvalue weighted by Gasteiger charge is 2.17. The van der Waals surface area contributed by atoms with Crippen LogP contribution in [0.5, 0.6) is 0 Å². The number of fused-ring (bicyclic) bond motifs is 1. The van der Waals surface area contributed by atoms with Crippen LogP contribution in [0, 0.1) is 0 Å². The predicted octanol–water partition coefficient (Wildman–Crippen LogP) is 2.11. The normalized spacial score (nSPS) is 17.2. The average molecular weight is 301 g/mol. The van der Waals surface area contributed by atoms with Crippen LogP contribution in [0.3, 0.4) is 0 Å². The highest BCUT2D eigenvalue weighted by molar-refractivity contribution is 5.94. The Kier molecular flexibility index (Phi) is 4.18. The van der Waals surface area contributed by atoms with Gasteiger partial charge in [0.2, 0.25) is 0 Å². The van der Waals surface area contributed by atoms with Crippen molar-refractivity contribution >= 4 is 16.9 Å². The Labute approximate surface area is 130 Å². The summed E-state index contributed by atoms with van der Waals surface area (Å²) in [4.78, 5) is 16.0. The molecule has 1 aliphatic rings. The predicted molar refractivity (Wildman–Crippen MR) is 87.3 cm³/mol. The first-order valence-electron chi connectivity index (χ1n) is 7.85. The van der Waals surface area contributed by atoms with E-state index in [0.29, 0.717) is 5.56 Å². The Hall–Kier alpha value is -1.85. The second-order valence-corrected chi connectivity index (χ2v) is 6.04. The van der Waals surface area contributed by atoms with Crippen LogP contribution < -0.4 is 0 Å². The average Bonchev–Trinajstić information content (AvgIpc) is 2.85. The summed E-state index contributed by atoms with van der Waals surface area (Å²) < 4.78 is 2.29. The van der Waals surface area contributed by atoms with Crippen molar-refractivity contribution in [3.8, 4) is 0 Å². The van der Waals surface area contributed by atoms with Gasteiger partial charge in [0.15, 0.2) is 0 Å². The van der Waals surface area contributed by atoms with Crippen LogP contribution in [0.25, 0.3) is 10.9 Å². The third kappa shape index (κ3) is 2.87. The molecule has 0 bridgehead atoms. The highest BCUT2D eigenvalue weighted by Crippen LogP contribution is 2.23. The van der Waals surface area contributed by atoms with E-state index in [4.69, 9.17) is 5.11 Å². The molecule has 1 aromatic carbocycles. The molecule has 0 radical (unpaired) electrons. The van der Waals surface area contributed by atoms with Crippen molar-refractivity contribution in [3.63, 3.8) is 0 Å². The summed E-state index contributed by atoms with van der Waals surface area (Å²) in [5, 5.41) is 10.2. The van der Waals surface area contributed by atoms with Crippen LogP contribution in [0.2, 0.25) is 0 Å². The van der Waals surface area contributed by atoms with Gasteiger partial charge in [0, 0.05) is 55.9 Å². The van der Waals surface area contributed by atoms with E-state index in [1.807, 2.05) is 6.07 Å². The van der Waals surface area contributed by atoms with Gasteiger partial charge in [-0.1, -0.05) is 0 Å². The Bertz CT molecular complexity index is 685. The number of hydrogen-bond acceptors (Lipinski definition) is 3. The van der Waals surface area contributed by atoms with Gasteiger partial charge < -0.3 is 14.6 Å². The van der Waals surface area contributed by atoms with Crippen molar-refractivity contribution in [2.45, 2.75) is 20.0 Å². The summed E-state index contributed by atoms with van der Waals surface area (Å²) in [6.07, 6.45) is 0. The van der Waals surface area contributed by atoms with Crippen molar-refractivity contribution in [2.75, 3.05) is 33.2 Å². The molecule has 5 nitrogen and oxygen atoms in total. The molecule has 0 unspecified atom stereocenters. The standard InChI is InChI=1S/C17H23N3O2/c1-3-20-15(12-19-8-6-18(2)7-9-19)11-14-10-13(17(21)22)4-5-16(14)20/h4-5,10-11H,3,6-9,12H2,1-2H3,(H,21,22). The number of nitrogens with zero attached hydrogens (tertiary/aromatic N) is 3. The highest BCUT2D eigenvalue weighted by atomic mass is 16.4. The van der Waals surface area contributed by atoms with E-state index in [0.717, 1.165) is 50.2 Å². The van der Waals surface area contributed by atoms with Crippen LogP contribution in [0.4, 0.5) is 0 Å². The number of likely N-dealkylation sites (N-methyl/N-ethyl adjacent to an activating group) is 1. The summed E-state index contributed by atoms with van der Waals surface area (Å²) in [5.41, 5.74) is 2.74. The number of carbonyl (C=O) groups is 1. The number of aromatic carboxylic acids is 1. The molecule has 1 N–H and O–H groups in total. The second kappa shape index (κ2) is 6.10. The van der Waals surface area contributed by atoms with Crippen molar-refractivity contribution in [2.24, 2.45) is 0 Å². The summed E-state index contributed by atoms with van der Waals surface area (Å²) in [6.45, 7) is 8.35. The van der Waals surface area contributed by atoms with E-state index in [9.17, 15) is 4.79 Å². The molecule has 0 atom stereocenters. The summed E-state index contributed by atoms with van der Waals surface area (Å²) in [5.74, 6) is -0.869. The van der Waals surface area contributed by atoms with Crippen LogP contribution in [0.1, 0.15) is 23.0 Å². The van der Waals surface area contributed by atoms with Crippen molar-refractivity contribution in [3.05, 3.63) is 35.5 Å². The quantitative estimate of drug-likeness (QED) is 0.939. The Morgan fingerprint density at radius 2 is 1.91 bits per heavy atom. The van der Waals surface area contributed by atoms with E-state index >= 15 is 0 Å². The van der Waals surface area contributed by atoms with E-state index in [1.165, 1.54) is 5.69 Å². The zero-order valence-electron chi connectivity index (χ0n) is 13.2. The topological polar surface area (TPSA) is 48.7 Å². The number of carboxylic acids is 1. The smallest absolute Gasteiger partial charge is 0.335 e. The number of carboxylic acid groups (broad SMARTS) is 1. The molecule has 1 fully saturated rings. The third-order valence-corrected chi connectivity index (χ3v) is 4.53. The zero-order valence-corrected chi connectivity index (χ0v) is 13.2. The fraction of sp³-hybridized carbons (Fsp3) is 0.471. The molecule has 0 saturated carbocycles. The minimum Gasteiger partial charge on any atom is -0.478 e. The first-order valence-corrected chi connectivity index (χ1v) is 7.85. The molecule has 0 amide bonds. The molecule has 22 heavy (non-hydrogen) atoms. The van der Waals surface area contributed by atoms with Crippen molar-refractivity contribution in [1.82, 2.24) is 14.4 Å². The lowest BCUT2D eigenvalue weighted by atomic mass is 10.1. The number of benzene rings is 1. The van der Waals surface area contributed by atoms with Crippen molar-refractivity contribution < 1.29 is 9.90 Å². The van der Waals surface area contributed by atoms with Gasteiger partial charge in [0.05, 0.1) is 5.56 Å². The first-order chi connectivity index (χ1) is 10.6. The van der Waals surface area contributed by atoms with Gasteiger partial charge in [-0.25, -0.2) is 4.79 Å². The second-order valence-electron chi connectivity index (χ2n) is 6.04. The zero-order chi connectivity index (χ0) is 15.7. The first kappa shape index (κ1) is 15.1. The molecule has 5 heteroatoms. The van der Waals surface area contributed by atoms with Gasteiger partial charge in [0.25, 0.3) is 0 Å². The van der Waals surface area contributed by atoms with E-state index in [-0.39, 0.29) is 0 Å². The lowest BCUT2D eigenvalue weighted by Gasteiger charge is -2.32. The van der Waals surface area contributed by atoms with Gasteiger partial charge in [-0.2, -0.15) is 0 Å². The fourth-order valence-electron chi connectivity index (χ4n) is 3.20. The van der Waals surface area contributed by atoms with Gasteiger partial charge in [0.1, 0.15) is 0 Å². The molecule has 1 aliphatic heterocycles. The largest absolute Gasteiger partial charge is 0.478 e. The molecule has 0 aliphatic carbocycles.